The highest BCUT2D eigenvalue weighted by Gasteiger charge is 2.24. The summed E-state index contributed by atoms with van der Waals surface area (Å²) >= 11 is 0. The van der Waals surface area contributed by atoms with Gasteiger partial charge in [0.25, 0.3) is 5.75 Å². The minimum Gasteiger partial charge on any atom is -0.507 e. The van der Waals surface area contributed by atoms with Crippen molar-refractivity contribution in [3.63, 3.8) is 0 Å². The van der Waals surface area contributed by atoms with Crippen molar-refractivity contribution < 1.29 is 23.8 Å². The number of benzene rings is 2. The molecule has 0 spiro atoms. The monoisotopic (exact) mass is 340 g/mol. The molecule has 0 amide bonds. The summed E-state index contributed by atoms with van der Waals surface area (Å²) < 4.78 is 16.1. The lowest BCUT2D eigenvalue weighted by Crippen LogP contribution is -2.17. The SMILES string of the molecule is CC(C)Oc1c(OC(=O)c2ccccc2)c(=O)oc2cccc(O)c12. The number of ether oxygens (including phenoxy) is 2. The van der Waals surface area contributed by atoms with E-state index in [0.29, 0.717) is 0 Å². The number of hydrogen-bond acceptors (Lipinski definition) is 6. The third kappa shape index (κ3) is 3.33. The van der Waals surface area contributed by atoms with Gasteiger partial charge in [0.05, 0.1) is 11.7 Å². The maximum absolute atomic E-state index is 12.3. The first-order chi connectivity index (χ1) is 12.0. The molecule has 6 nitrogen and oxygen atoms in total. The molecule has 3 rings (SSSR count). The molecular weight excluding hydrogens is 324 g/mol. The van der Waals surface area contributed by atoms with Crippen LogP contribution in [0.25, 0.3) is 11.0 Å². The lowest BCUT2D eigenvalue weighted by Gasteiger charge is -2.15. The van der Waals surface area contributed by atoms with E-state index in [0.717, 1.165) is 0 Å². The summed E-state index contributed by atoms with van der Waals surface area (Å²) in [5.41, 5.74) is -0.451. The van der Waals surface area contributed by atoms with Crippen molar-refractivity contribution in [2.75, 3.05) is 0 Å². The van der Waals surface area contributed by atoms with E-state index >= 15 is 0 Å². The van der Waals surface area contributed by atoms with Gasteiger partial charge in [-0.3, -0.25) is 0 Å². The highest BCUT2D eigenvalue weighted by Crippen LogP contribution is 2.39. The second kappa shape index (κ2) is 6.68. The zero-order valence-electron chi connectivity index (χ0n) is 13.7. The number of fused-ring (bicyclic) bond motifs is 1. The predicted octanol–water partition coefficient (Wildman–Crippen LogP) is 3.51. The minimum atomic E-state index is -0.863. The minimum absolute atomic E-state index is 0.0244. The number of carbonyl (C=O) groups is 1. The first-order valence-corrected chi connectivity index (χ1v) is 7.70. The summed E-state index contributed by atoms with van der Waals surface area (Å²) in [6.45, 7) is 3.51. The molecule has 2 aromatic carbocycles. The topological polar surface area (TPSA) is 86.0 Å². The second-order valence-corrected chi connectivity index (χ2v) is 5.62. The molecule has 1 N–H and O–H groups in total. The molecule has 0 bridgehead atoms. The second-order valence-electron chi connectivity index (χ2n) is 5.62. The summed E-state index contributed by atoms with van der Waals surface area (Å²) in [7, 11) is 0. The van der Waals surface area contributed by atoms with Crippen molar-refractivity contribution in [2.45, 2.75) is 20.0 Å². The van der Waals surface area contributed by atoms with Crippen LogP contribution in [0.5, 0.6) is 17.2 Å². The molecule has 1 aromatic heterocycles. The molecule has 6 heteroatoms. The van der Waals surface area contributed by atoms with Crippen LogP contribution in [-0.2, 0) is 0 Å². The molecule has 25 heavy (non-hydrogen) atoms. The normalized spacial score (nSPS) is 10.8. The maximum Gasteiger partial charge on any atom is 0.383 e. The summed E-state index contributed by atoms with van der Waals surface area (Å²) in [5, 5.41) is 10.3. The number of carbonyl (C=O) groups excluding carboxylic acids is 1. The molecule has 0 saturated carbocycles. The maximum atomic E-state index is 12.3. The predicted molar refractivity (Wildman–Crippen MR) is 91.3 cm³/mol. The van der Waals surface area contributed by atoms with Gasteiger partial charge in [-0.1, -0.05) is 24.3 Å². The number of phenolic OH excluding ortho intramolecular Hbond substituents is 1. The highest BCUT2D eigenvalue weighted by molar-refractivity contribution is 5.95. The molecule has 0 radical (unpaired) electrons. The molecule has 3 aromatic rings. The zero-order valence-corrected chi connectivity index (χ0v) is 13.7. The summed E-state index contributed by atoms with van der Waals surface area (Å²) in [6.07, 6.45) is -0.321. The van der Waals surface area contributed by atoms with Crippen LogP contribution < -0.4 is 15.1 Å². The van der Waals surface area contributed by atoms with Gasteiger partial charge in [-0.2, -0.15) is 0 Å². The Hall–Kier alpha value is -3.28. The Balaban J connectivity index is 2.16. The van der Waals surface area contributed by atoms with Crippen LogP contribution >= 0.6 is 0 Å². The van der Waals surface area contributed by atoms with Crippen LogP contribution in [0.4, 0.5) is 0 Å². The molecule has 0 atom stereocenters. The first kappa shape index (κ1) is 16.6. The van der Waals surface area contributed by atoms with E-state index in [1.165, 1.54) is 18.2 Å². The van der Waals surface area contributed by atoms with E-state index < -0.39 is 17.3 Å². The van der Waals surface area contributed by atoms with E-state index in [-0.39, 0.29) is 34.1 Å². The van der Waals surface area contributed by atoms with Gasteiger partial charge in [0.2, 0.25) is 0 Å². The lowest BCUT2D eigenvalue weighted by atomic mass is 10.2. The molecule has 1 heterocycles. The van der Waals surface area contributed by atoms with Gasteiger partial charge in [-0.15, -0.1) is 0 Å². The third-order valence-electron chi connectivity index (χ3n) is 3.38. The molecule has 0 fully saturated rings. The van der Waals surface area contributed by atoms with Crippen LogP contribution in [-0.4, -0.2) is 17.2 Å². The molecular formula is C19H16O6. The number of phenols is 1. The van der Waals surface area contributed by atoms with Crippen molar-refractivity contribution in [3.8, 4) is 17.2 Å². The lowest BCUT2D eigenvalue weighted by molar-refractivity contribution is 0.0718. The van der Waals surface area contributed by atoms with E-state index in [1.807, 2.05) is 0 Å². The Morgan fingerprint density at radius 3 is 2.44 bits per heavy atom. The van der Waals surface area contributed by atoms with E-state index in [2.05, 4.69) is 0 Å². The molecule has 128 valence electrons. The van der Waals surface area contributed by atoms with Crippen LogP contribution in [0.2, 0.25) is 0 Å². The molecule has 0 aliphatic heterocycles. The van der Waals surface area contributed by atoms with E-state index in [4.69, 9.17) is 13.9 Å². The average Bonchev–Trinajstić information content (AvgIpc) is 2.58. The van der Waals surface area contributed by atoms with Crippen LogP contribution in [0.1, 0.15) is 24.2 Å². The zero-order chi connectivity index (χ0) is 18.0. The number of rotatable bonds is 4. The van der Waals surface area contributed by atoms with Crippen molar-refractivity contribution in [3.05, 3.63) is 64.5 Å². The largest absolute Gasteiger partial charge is 0.507 e. The third-order valence-corrected chi connectivity index (χ3v) is 3.38. The van der Waals surface area contributed by atoms with Gasteiger partial charge in [-0.05, 0) is 38.1 Å². The Morgan fingerprint density at radius 1 is 1.04 bits per heavy atom. The summed E-state index contributed by atoms with van der Waals surface area (Å²) in [5.74, 6) is -1.29. The van der Waals surface area contributed by atoms with Gasteiger partial charge in [0.15, 0.2) is 5.75 Å². The quantitative estimate of drug-likeness (QED) is 0.578. The molecule has 0 aliphatic rings. The van der Waals surface area contributed by atoms with Gasteiger partial charge < -0.3 is 19.0 Å². The van der Waals surface area contributed by atoms with Crippen molar-refractivity contribution in [1.82, 2.24) is 0 Å². The highest BCUT2D eigenvalue weighted by atomic mass is 16.6. The number of hydrogen-bond donors (Lipinski definition) is 1. The van der Waals surface area contributed by atoms with Gasteiger partial charge >= 0.3 is 11.6 Å². The Bertz CT molecular complexity index is 972. The van der Waals surface area contributed by atoms with Gasteiger partial charge in [0, 0.05) is 0 Å². The van der Waals surface area contributed by atoms with E-state index in [1.54, 1.807) is 44.2 Å². The molecule has 0 saturated heterocycles. The van der Waals surface area contributed by atoms with Crippen LogP contribution in [0.3, 0.4) is 0 Å². The standard InChI is InChI=1S/C19H16O6/c1-11(2)23-16-15-13(20)9-6-10-14(15)24-19(22)17(16)25-18(21)12-7-4-3-5-8-12/h3-11,20H,1-2H3. The fourth-order valence-electron chi connectivity index (χ4n) is 2.35. The molecule has 0 aliphatic carbocycles. The fraction of sp³-hybridized carbons (Fsp3) is 0.158. The number of aromatic hydroxyl groups is 1. The number of esters is 1. The van der Waals surface area contributed by atoms with Crippen molar-refractivity contribution >= 4 is 16.9 Å². The van der Waals surface area contributed by atoms with E-state index in [9.17, 15) is 14.7 Å². The average molecular weight is 340 g/mol. The Kier molecular flexibility index (Phi) is 4.43. The van der Waals surface area contributed by atoms with Gasteiger partial charge in [-0.25, -0.2) is 9.59 Å². The fourth-order valence-corrected chi connectivity index (χ4v) is 2.35. The van der Waals surface area contributed by atoms with Crippen molar-refractivity contribution in [2.24, 2.45) is 0 Å². The molecule has 0 unspecified atom stereocenters. The van der Waals surface area contributed by atoms with Crippen LogP contribution in [0, 0.1) is 0 Å². The smallest absolute Gasteiger partial charge is 0.383 e. The Labute approximate surface area is 143 Å². The van der Waals surface area contributed by atoms with Crippen LogP contribution in [0.15, 0.2) is 57.7 Å². The van der Waals surface area contributed by atoms with Gasteiger partial charge in [0.1, 0.15) is 16.7 Å². The summed E-state index contributed by atoms with van der Waals surface area (Å²) in [6, 6.07) is 12.7. The Morgan fingerprint density at radius 2 is 1.76 bits per heavy atom. The first-order valence-electron chi connectivity index (χ1n) is 7.70. The summed E-state index contributed by atoms with van der Waals surface area (Å²) in [4.78, 5) is 24.6. The van der Waals surface area contributed by atoms with Crippen molar-refractivity contribution in [1.29, 1.82) is 0 Å².